The second-order valence-electron chi connectivity index (χ2n) is 5.30. The monoisotopic (exact) mass is 316 g/mol. The van der Waals surface area contributed by atoms with E-state index in [0.717, 1.165) is 16.3 Å². The van der Waals surface area contributed by atoms with E-state index in [1.165, 1.54) is 6.08 Å². The molecule has 0 saturated heterocycles. The van der Waals surface area contributed by atoms with Gasteiger partial charge in [-0.05, 0) is 22.4 Å². The largest absolute Gasteiger partial charge is 0.454 e. The highest BCUT2D eigenvalue weighted by molar-refractivity contribution is 6.09. The van der Waals surface area contributed by atoms with Crippen molar-refractivity contribution in [3.8, 4) is 0 Å². The molecule has 24 heavy (non-hydrogen) atoms. The Balaban J connectivity index is 1.65. The van der Waals surface area contributed by atoms with Crippen molar-refractivity contribution in [1.29, 1.82) is 0 Å². The molecule has 3 aromatic rings. The summed E-state index contributed by atoms with van der Waals surface area (Å²) in [4.78, 5) is 24.1. The molecule has 0 aliphatic rings. The predicted octanol–water partition coefficient (Wildman–Crippen LogP) is 4.28. The molecule has 0 fully saturated rings. The highest BCUT2D eigenvalue weighted by Gasteiger charge is 2.11. The van der Waals surface area contributed by atoms with Gasteiger partial charge in [0, 0.05) is 11.6 Å². The molecule has 0 bridgehead atoms. The van der Waals surface area contributed by atoms with Gasteiger partial charge >= 0.3 is 5.97 Å². The van der Waals surface area contributed by atoms with Crippen LogP contribution < -0.4 is 0 Å². The number of rotatable bonds is 5. The third-order valence-corrected chi connectivity index (χ3v) is 3.65. The topological polar surface area (TPSA) is 43.4 Å². The smallest absolute Gasteiger partial charge is 0.331 e. The van der Waals surface area contributed by atoms with E-state index in [1.54, 1.807) is 12.1 Å². The van der Waals surface area contributed by atoms with E-state index >= 15 is 0 Å². The van der Waals surface area contributed by atoms with Gasteiger partial charge < -0.3 is 4.74 Å². The lowest BCUT2D eigenvalue weighted by molar-refractivity contribution is -0.136. The van der Waals surface area contributed by atoms with Crippen molar-refractivity contribution in [3.05, 3.63) is 90.0 Å². The first-order chi connectivity index (χ1) is 11.7. The highest BCUT2D eigenvalue weighted by atomic mass is 16.5. The van der Waals surface area contributed by atoms with Gasteiger partial charge in [-0.3, -0.25) is 4.79 Å². The average Bonchev–Trinajstić information content (AvgIpc) is 2.64. The molecule has 0 aliphatic heterocycles. The van der Waals surface area contributed by atoms with Gasteiger partial charge in [-0.2, -0.15) is 0 Å². The average molecular weight is 316 g/mol. The first-order valence-corrected chi connectivity index (χ1v) is 7.65. The number of ketones is 1. The quantitative estimate of drug-likeness (QED) is 0.401. The number of esters is 1. The fourth-order valence-electron chi connectivity index (χ4n) is 2.46. The molecular formula is C21H16O3. The van der Waals surface area contributed by atoms with E-state index in [9.17, 15) is 9.59 Å². The minimum absolute atomic E-state index is 0.215. The molecule has 3 aromatic carbocycles. The lowest BCUT2D eigenvalue weighted by Gasteiger charge is -2.06. The van der Waals surface area contributed by atoms with Crippen molar-refractivity contribution in [3.63, 3.8) is 0 Å². The summed E-state index contributed by atoms with van der Waals surface area (Å²) in [6.45, 7) is -0.272. The molecule has 3 rings (SSSR count). The maximum Gasteiger partial charge on any atom is 0.331 e. The van der Waals surface area contributed by atoms with E-state index < -0.39 is 5.97 Å². The van der Waals surface area contributed by atoms with Gasteiger partial charge in [0.2, 0.25) is 5.78 Å². The number of Topliss-reactive ketones (excluding diaryl/α,β-unsaturated/α-hetero) is 1. The molecular weight excluding hydrogens is 300 g/mol. The summed E-state index contributed by atoms with van der Waals surface area (Å²) in [5.74, 6) is -0.749. The number of hydrogen-bond donors (Lipinski definition) is 0. The maximum atomic E-state index is 12.3. The molecule has 0 amide bonds. The number of ether oxygens (including phenoxy) is 1. The van der Waals surface area contributed by atoms with Crippen molar-refractivity contribution in [2.45, 2.75) is 0 Å². The molecule has 0 aromatic heterocycles. The van der Waals surface area contributed by atoms with Crippen LogP contribution in [-0.4, -0.2) is 18.4 Å². The second-order valence-corrected chi connectivity index (χ2v) is 5.30. The van der Waals surface area contributed by atoms with Crippen molar-refractivity contribution < 1.29 is 14.3 Å². The van der Waals surface area contributed by atoms with Crippen molar-refractivity contribution in [2.24, 2.45) is 0 Å². The zero-order chi connectivity index (χ0) is 16.8. The van der Waals surface area contributed by atoms with Gasteiger partial charge in [-0.1, -0.05) is 72.8 Å². The van der Waals surface area contributed by atoms with Gasteiger partial charge in [-0.25, -0.2) is 4.79 Å². The Labute approximate surface area is 140 Å². The van der Waals surface area contributed by atoms with Gasteiger partial charge in [0.05, 0.1) is 0 Å². The summed E-state index contributed by atoms with van der Waals surface area (Å²) in [5, 5.41) is 1.85. The summed E-state index contributed by atoms with van der Waals surface area (Å²) in [6, 6.07) is 22.6. The lowest BCUT2D eigenvalue weighted by atomic mass is 10.0. The maximum absolute atomic E-state index is 12.3. The molecule has 0 aliphatic carbocycles. The Hall–Kier alpha value is -3.20. The summed E-state index contributed by atoms with van der Waals surface area (Å²) in [6.07, 6.45) is 2.98. The van der Waals surface area contributed by atoms with Crippen molar-refractivity contribution in [2.75, 3.05) is 6.61 Å². The predicted molar refractivity (Wildman–Crippen MR) is 94.7 cm³/mol. The third kappa shape index (κ3) is 3.76. The van der Waals surface area contributed by atoms with E-state index in [1.807, 2.05) is 66.7 Å². The second kappa shape index (κ2) is 7.38. The van der Waals surface area contributed by atoms with Crippen LogP contribution in [0.1, 0.15) is 15.9 Å². The van der Waals surface area contributed by atoms with Crippen LogP contribution >= 0.6 is 0 Å². The highest BCUT2D eigenvalue weighted by Crippen LogP contribution is 2.19. The molecule has 0 radical (unpaired) electrons. The Morgan fingerprint density at radius 1 is 0.833 bits per heavy atom. The first kappa shape index (κ1) is 15.7. The number of carbonyl (C=O) groups excluding carboxylic acids is 2. The zero-order valence-corrected chi connectivity index (χ0v) is 13.0. The van der Waals surface area contributed by atoms with Crippen LogP contribution in [0, 0.1) is 0 Å². The first-order valence-electron chi connectivity index (χ1n) is 7.65. The minimum Gasteiger partial charge on any atom is -0.454 e. The Bertz CT molecular complexity index is 890. The van der Waals surface area contributed by atoms with Crippen molar-refractivity contribution in [1.82, 2.24) is 0 Å². The van der Waals surface area contributed by atoms with Crippen molar-refractivity contribution >= 4 is 28.6 Å². The molecule has 0 spiro atoms. The zero-order valence-electron chi connectivity index (χ0n) is 13.0. The molecule has 0 heterocycles. The van der Waals surface area contributed by atoms with E-state index in [0.29, 0.717) is 5.56 Å². The number of benzene rings is 3. The normalized spacial score (nSPS) is 10.8. The molecule has 0 saturated carbocycles. The molecule has 3 nitrogen and oxygen atoms in total. The summed E-state index contributed by atoms with van der Waals surface area (Å²) in [5.41, 5.74) is 1.46. The van der Waals surface area contributed by atoms with E-state index in [2.05, 4.69) is 0 Å². The van der Waals surface area contributed by atoms with Crippen LogP contribution in [0.3, 0.4) is 0 Å². The van der Waals surface area contributed by atoms with Crippen LogP contribution in [0.25, 0.3) is 16.8 Å². The van der Waals surface area contributed by atoms with Crippen LogP contribution in [0.2, 0.25) is 0 Å². The Morgan fingerprint density at radius 2 is 1.54 bits per heavy atom. The third-order valence-electron chi connectivity index (χ3n) is 3.65. The number of carbonyl (C=O) groups is 2. The van der Waals surface area contributed by atoms with Gasteiger partial charge in [-0.15, -0.1) is 0 Å². The van der Waals surface area contributed by atoms with Gasteiger partial charge in [0.1, 0.15) is 0 Å². The minimum atomic E-state index is -0.535. The molecule has 0 unspecified atom stereocenters. The SMILES string of the molecule is O=C(/C=C/c1ccccc1)OCC(=O)c1cccc2ccccc12. The lowest BCUT2D eigenvalue weighted by Crippen LogP contribution is -2.12. The van der Waals surface area contributed by atoms with E-state index in [4.69, 9.17) is 4.74 Å². The van der Waals surface area contributed by atoms with Crippen LogP contribution in [0.4, 0.5) is 0 Å². The molecule has 118 valence electrons. The molecule has 0 N–H and O–H groups in total. The van der Waals surface area contributed by atoms with Gasteiger partial charge in [0.25, 0.3) is 0 Å². The van der Waals surface area contributed by atoms with Crippen LogP contribution in [-0.2, 0) is 9.53 Å². The summed E-state index contributed by atoms with van der Waals surface area (Å²) >= 11 is 0. The fourth-order valence-corrected chi connectivity index (χ4v) is 2.46. The summed E-state index contributed by atoms with van der Waals surface area (Å²) in [7, 11) is 0. The van der Waals surface area contributed by atoms with Crippen LogP contribution in [0.5, 0.6) is 0 Å². The Kier molecular flexibility index (Phi) is 4.82. The Morgan fingerprint density at radius 3 is 2.38 bits per heavy atom. The molecule has 3 heteroatoms. The number of hydrogen-bond acceptors (Lipinski definition) is 3. The standard InChI is InChI=1S/C21H16O3/c22-20(19-12-6-10-17-9-4-5-11-18(17)19)15-24-21(23)14-13-16-7-2-1-3-8-16/h1-14H,15H2/b14-13+. The molecule has 0 atom stereocenters. The van der Waals surface area contributed by atoms with Crippen LogP contribution in [0.15, 0.2) is 78.9 Å². The van der Waals surface area contributed by atoms with Gasteiger partial charge in [0.15, 0.2) is 6.61 Å². The van der Waals surface area contributed by atoms with E-state index in [-0.39, 0.29) is 12.4 Å². The fraction of sp³-hybridized carbons (Fsp3) is 0.0476. The number of fused-ring (bicyclic) bond motifs is 1. The summed E-state index contributed by atoms with van der Waals surface area (Å²) < 4.78 is 5.05.